The van der Waals surface area contributed by atoms with Gasteiger partial charge in [-0.25, -0.2) is 0 Å². The van der Waals surface area contributed by atoms with Gasteiger partial charge in [0.2, 0.25) is 0 Å². The van der Waals surface area contributed by atoms with E-state index in [0.717, 1.165) is 12.8 Å². The molecule has 0 aliphatic carbocycles. The van der Waals surface area contributed by atoms with Gasteiger partial charge in [0, 0.05) is 6.42 Å². The Morgan fingerprint density at radius 1 is 0.750 bits per heavy atom. The van der Waals surface area contributed by atoms with Crippen molar-refractivity contribution >= 4 is 13.8 Å². The minimum Gasteiger partial charge on any atom is -0.822 e. The first-order valence-electron chi connectivity index (χ1n) is 9.37. The van der Waals surface area contributed by atoms with Crippen LogP contribution in [0.3, 0.4) is 0 Å². The molecule has 0 unspecified atom stereocenters. The molecule has 0 spiro atoms. The first-order chi connectivity index (χ1) is 11.8. The molecule has 0 saturated carbocycles. The van der Waals surface area contributed by atoms with Crippen LogP contribution in [0.4, 0.5) is 0 Å². The predicted octanol–water partition coefficient (Wildman–Crippen LogP) is -5.70. The van der Waals surface area contributed by atoms with Crippen LogP contribution in [0.25, 0.3) is 0 Å². The molecule has 10 heteroatoms. The van der Waals surface area contributed by atoms with Crippen molar-refractivity contribution in [2.45, 2.75) is 96.8 Å². The minimum atomic E-state index is -5.39. The van der Waals surface area contributed by atoms with Gasteiger partial charge < -0.3 is 24.4 Å². The van der Waals surface area contributed by atoms with Crippen LogP contribution in [0.2, 0.25) is 0 Å². The summed E-state index contributed by atoms with van der Waals surface area (Å²) in [5, 5.41) is 8.51. The second-order valence-electron chi connectivity index (χ2n) is 6.18. The summed E-state index contributed by atoms with van der Waals surface area (Å²) in [5.41, 5.74) is 0. The molecule has 0 aliphatic heterocycles. The third-order valence-corrected chi connectivity index (χ3v) is 3.65. The summed E-state index contributed by atoms with van der Waals surface area (Å²) in [6.45, 7) is 2.26. The average molecular weight is 446 g/mol. The van der Waals surface area contributed by atoms with Crippen molar-refractivity contribution in [2.75, 3.05) is 0 Å². The van der Waals surface area contributed by atoms with E-state index in [1.165, 1.54) is 70.6 Å². The van der Waals surface area contributed by atoms with Gasteiger partial charge in [0.05, 0.1) is 0 Å². The van der Waals surface area contributed by atoms with E-state index < -0.39 is 13.8 Å². The standard InChI is InChI=1S/C18H34O2.3Na.H3O4P/c1-2-3-4-5-6-7-8-9-10-11-12-13-14-15-16-17-18(19)20;;;;1-5(2,3)4/h9-10H,2-8,11-17H2,1H3,(H,19,20);;;;(H3,1,2,3,4)/q;3*+1;/p-3. The maximum absolute atomic E-state index is 10.3. The fourth-order valence-electron chi connectivity index (χ4n) is 2.35. The number of aliphatic carboxylic acids is 1. The molecule has 28 heavy (non-hydrogen) atoms. The second-order valence-corrected chi connectivity index (χ2v) is 7.07. The Bertz CT molecular complexity index is 370. The molecule has 0 aromatic heterocycles. The van der Waals surface area contributed by atoms with E-state index in [9.17, 15) is 4.79 Å². The summed E-state index contributed by atoms with van der Waals surface area (Å²) in [6.07, 6.45) is 21.2. The van der Waals surface area contributed by atoms with Crippen molar-refractivity contribution in [1.29, 1.82) is 0 Å². The molecule has 6 nitrogen and oxygen atoms in total. The van der Waals surface area contributed by atoms with Crippen molar-refractivity contribution in [2.24, 2.45) is 0 Å². The maximum atomic E-state index is 10.3. The van der Waals surface area contributed by atoms with Gasteiger partial charge in [0.15, 0.2) is 0 Å². The molecular weight excluding hydrogens is 412 g/mol. The summed E-state index contributed by atoms with van der Waals surface area (Å²) in [7, 11) is -5.39. The molecule has 0 aromatic carbocycles. The molecule has 0 radical (unpaired) electrons. The van der Waals surface area contributed by atoms with E-state index in [0.29, 0.717) is 6.42 Å². The third kappa shape index (κ3) is 56.6. The molecule has 150 valence electrons. The molecule has 0 rings (SSSR count). The third-order valence-electron chi connectivity index (χ3n) is 3.65. The van der Waals surface area contributed by atoms with Crippen molar-refractivity contribution in [1.82, 2.24) is 0 Å². The molecule has 0 atom stereocenters. The van der Waals surface area contributed by atoms with Crippen LogP contribution in [0.1, 0.15) is 96.8 Å². The van der Waals surface area contributed by atoms with E-state index in [2.05, 4.69) is 19.1 Å². The zero-order valence-corrected chi connectivity index (χ0v) is 25.4. The quantitative estimate of drug-likeness (QED) is 0.116. The number of unbranched alkanes of at least 4 members (excludes halogenated alkanes) is 11. The zero-order chi connectivity index (χ0) is 19.4. The molecular formula is C18H34Na3O6P. The number of hydrogen-bond acceptors (Lipinski definition) is 5. The summed E-state index contributed by atoms with van der Waals surface area (Å²) in [4.78, 5) is 36.0. The van der Waals surface area contributed by atoms with Crippen molar-refractivity contribution in [3.63, 3.8) is 0 Å². The maximum Gasteiger partial charge on any atom is 1.00 e. The Kier molecular flexibility index (Phi) is 45.7. The Morgan fingerprint density at radius 3 is 1.43 bits per heavy atom. The fourth-order valence-corrected chi connectivity index (χ4v) is 2.35. The van der Waals surface area contributed by atoms with Crippen molar-refractivity contribution in [3.8, 4) is 0 Å². The number of rotatable bonds is 15. The summed E-state index contributed by atoms with van der Waals surface area (Å²) >= 11 is 0. The predicted molar refractivity (Wildman–Crippen MR) is 94.7 cm³/mol. The Hall–Kier alpha value is 2.32. The molecule has 0 heterocycles. The Balaban J connectivity index is -0.000000195. The normalized spacial score (nSPS) is 10.1. The second kappa shape index (κ2) is 31.5. The minimum absolute atomic E-state index is 0. The molecule has 0 aliphatic rings. The summed E-state index contributed by atoms with van der Waals surface area (Å²) in [5.74, 6) is -0.664. The molecule has 0 saturated heterocycles. The number of carboxylic acids is 1. The van der Waals surface area contributed by atoms with Crippen molar-refractivity contribution in [3.05, 3.63) is 12.2 Å². The number of carboxylic acid groups (broad SMARTS) is 1. The average Bonchev–Trinajstić information content (AvgIpc) is 2.49. The molecule has 0 fully saturated rings. The van der Waals surface area contributed by atoms with Gasteiger partial charge in [0.1, 0.15) is 0 Å². The Morgan fingerprint density at radius 2 is 1.07 bits per heavy atom. The first-order valence-corrected chi connectivity index (χ1v) is 10.8. The number of allylic oxidation sites excluding steroid dienone is 2. The SMILES string of the molecule is CCCCCCCCC=CCCCCCCCC(=O)O.O=P([O-])([O-])[O-].[Na+].[Na+].[Na+]. The molecule has 0 aromatic rings. The van der Waals surface area contributed by atoms with E-state index in [1.807, 2.05) is 0 Å². The number of hydrogen-bond donors (Lipinski definition) is 1. The largest absolute Gasteiger partial charge is 1.00 e. The monoisotopic (exact) mass is 446 g/mol. The molecule has 1 N–H and O–H groups in total. The van der Waals surface area contributed by atoms with Gasteiger partial charge in [-0.2, -0.15) is 7.82 Å². The fraction of sp³-hybridized carbons (Fsp3) is 0.833. The van der Waals surface area contributed by atoms with Crippen molar-refractivity contribution < 1.29 is 118 Å². The number of phosphoric acid groups is 1. The van der Waals surface area contributed by atoms with E-state index in [1.54, 1.807) is 0 Å². The van der Waals surface area contributed by atoms with Crippen LogP contribution < -0.4 is 103 Å². The molecule has 0 amide bonds. The van der Waals surface area contributed by atoms with E-state index >= 15 is 0 Å². The van der Waals surface area contributed by atoms with Gasteiger partial charge in [-0.05, 0) is 32.1 Å². The summed E-state index contributed by atoms with van der Waals surface area (Å²) < 4.78 is 8.55. The summed E-state index contributed by atoms with van der Waals surface area (Å²) in [6, 6.07) is 0. The Labute approximate surface area is 237 Å². The first kappa shape index (κ1) is 40.7. The van der Waals surface area contributed by atoms with Gasteiger partial charge in [0.25, 0.3) is 0 Å². The van der Waals surface area contributed by atoms with Gasteiger partial charge >= 0.3 is 94.6 Å². The van der Waals surface area contributed by atoms with E-state index in [-0.39, 0.29) is 88.7 Å². The van der Waals surface area contributed by atoms with Gasteiger partial charge in [-0.1, -0.05) is 70.4 Å². The van der Waals surface area contributed by atoms with Crippen LogP contribution in [0.15, 0.2) is 12.2 Å². The topological polar surface area (TPSA) is 124 Å². The van der Waals surface area contributed by atoms with Gasteiger partial charge in [-0.15, -0.1) is 0 Å². The number of carbonyl (C=O) groups is 1. The smallest absolute Gasteiger partial charge is 0.822 e. The van der Waals surface area contributed by atoms with Crippen LogP contribution in [0.5, 0.6) is 0 Å². The zero-order valence-electron chi connectivity index (χ0n) is 18.5. The van der Waals surface area contributed by atoms with E-state index in [4.69, 9.17) is 24.4 Å². The molecule has 0 bridgehead atoms. The van der Waals surface area contributed by atoms with Crippen LogP contribution in [-0.2, 0) is 9.36 Å². The van der Waals surface area contributed by atoms with Crippen LogP contribution in [0, 0.1) is 0 Å². The van der Waals surface area contributed by atoms with Crippen LogP contribution in [-0.4, -0.2) is 11.1 Å². The van der Waals surface area contributed by atoms with Gasteiger partial charge in [-0.3, -0.25) is 4.79 Å². The van der Waals surface area contributed by atoms with Crippen LogP contribution >= 0.6 is 7.82 Å².